The molecule has 0 aliphatic rings. The number of hydrogen-bond acceptors (Lipinski definition) is 7. The lowest BCUT2D eigenvalue weighted by Crippen LogP contribution is -2.05. The first kappa shape index (κ1) is 19.0. The number of nitro benzene ring substituents is 2. The largest absolute Gasteiger partial charge is 0.507 e. The molecule has 25 heavy (non-hydrogen) atoms. The fraction of sp³-hybridized carbons (Fsp3) is 0. The van der Waals surface area contributed by atoms with E-state index < -0.39 is 38.7 Å². The summed E-state index contributed by atoms with van der Waals surface area (Å²) in [7, 11) is 0. The molecular formula is C14H10N2O9. The highest BCUT2D eigenvalue weighted by Gasteiger charge is 2.31. The number of benzene rings is 2. The van der Waals surface area contributed by atoms with Crippen molar-refractivity contribution in [3.05, 3.63) is 73.8 Å². The van der Waals surface area contributed by atoms with Crippen molar-refractivity contribution in [3.63, 3.8) is 0 Å². The standard InChI is InChI=1S/C7H4N2O6.C7H6O3/c10-7(11)4-2-1-3-5(8(12)13)6(4)9(14)15;8-6-4-2-1-3-5(6)7(9)10/h1-3H,(H,10,11);1-4,8H,(H,9,10). The van der Waals surface area contributed by atoms with E-state index in [0.717, 1.165) is 18.2 Å². The van der Waals surface area contributed by atoms with Gasteiger partial charge in [0.15, 0.2) is 0 Å². The Labute approximate surface area is 138 Å². The number of hydrogen-bond donors (Lipinski definition) is 3. The van der Waals surface area contributed by atoms with Crippen LogP contribution < -0.4 is 0 Å². The summed E-state index contributed by atoms with van der Waals surface area (Å²) in [6, 6.07) is 8.71. The predicted octanol–water partition coefficient (Wildman–Crippen LogP) is 2.29. The number of carboxylic acids is 2. The Kier molecular flexibility index (Phi) is 6.09. The topological polar surface area (TPSA) is 181 Å². The molecule has 3 N–H and O–H groups in total. The zero-order valence-corrected chi connectivity index (χ0v) is 12.2. The molecule has 0 amide bonds. The van der Waals surface area contributed by atoms with Gasteiger partial charge >= 0.3 is 23.3 Å². The summed E-state index contributed by atoms with van der Waals surface area (Å²) in [6.45, 7) is 0. The molecule has 0 atom stereocenters. The zero-order chi connectivity index (χ0) is 19.1. The van der Waals surface area contributed by atoms with E-state index >= 15 is 0 Å². The normalized spacial score (nSPS) is 9.44. The maximum absolute atomic E-state index is 10.6. The molecule has 0 heterocycles. The Balaban J connectivity index is 0.000000271. The van der Waals surface area contributed by atoms with Crippen molar-refractivity contribution in [2.75, 3.05) is 0 Å². The number of carboxylic acid groups (broad SMARTS) is 2. The third-order valence-corrected chi connectivity index (χ3v) is 2.76. The van der Waals surface area contributed by atoms with Gasteiger partial charge in [-0.25, -0.2) is 9.59 Å². The van der Waals surface area contributed by atoms with Crippen molar-refractivity contribution >= 4 is 23.3 Å². The number of phenols is 1. The summed E-state index contributed by atoms with van der Waals surface area (Å²) in [5.41, 5.74) is -2.60. The van der Waals surface area contributed by atoms with Gasteiger partial charge in [-0.15, -0.1) is 0 Å². The quantitative estimate of drug-likeness (QED) is 0.550. The number of aromatic hydroxyl groups is 1. The average molecular weight is 350 g/mol. The van der Waals surface area contributed by atoms with Crippen LogP contribution in [0.5, 0.6) is 5.75 Å². The Morgan fingerprint density at radius 1 is 0.800 bits per heavy atom. The molecule has 0 saturated heterocycles. The molecule has 0 aliphatic heterocycles. The van der Waals surface area contributed by atoms with Crippen molar-refractivity contribution in [3.8, 4) is 5.75 Å². The van der Waals surface area contributed by atoms with Crippen LogP contribution in [0.4, 0.5) is 11.4 Å². The number of rotatable bonds is 4. The third-order valence-electron chi connectivity index (χ3n) is 2.76. The van der Waals surface area contributed by atoms with Gasteiger partial charge in [-0.05, 0) is 18.2 Å². The van der Waals surface area contributed by atoms with E-state index in [0.29, 0.717) is 0 Å². The number of para-hydroxylation sites is 2. The number of aromatic carboxylic acids is 2. The predicted molar refractivity (Wildman–Crippen MR) is 81.8 cm³/mol. The lowest BCUT2D eigenvalue weighted by Gasteiger charge is -1.97. The van der Waals surface area contributed by atoms with Crippen molar-refractivity contribution in [2.24, 2.45) is 0 Å². The summed E-state index contributed by atoms with van der Waals surface area (Å²) >= 11 is 0. The second-order valence-electron chi connectivity index (χ2n) is 4.31. The van der Waals surface area contributed by atoms with Gasteiger partial charge in [-0.2, -0.15) is 0 Å². The molecule has 0 bridgehead atoms. The molecule has 0 aromatic heterocycles. The van der Waals surface area contributed by atoms with Crippen molar-refractivity contribution in [1.82, 2.24) is 0 Å². The Morgan fingerprint density at radius 3 is 1.72 bits per heavy atom. The van der Waals surface area contributed by atoms with Crippen LogP contribution in [0.1, 0.15) is 20.7 Å². The monoisotopic (exact) mass is 350 g/mol. The summed E-state index contributed by atoms with van der Waals surface area (Å²) < 4.78 is 0. The zero-order valence-electron chi connectivity index (χ0n) is 12.2. The van der Waals surface area contributed by atoms with E-state index in [1.165, 1.54) is 12.1 Å². The van der Waals surface area contributed by atoms with Gasteiger partial charge in [0.1, 0.15) is 16.9 Å². The molecule has 130 valence electrons. The highest BCUT2D eigenvalue weighted by atomic mass is 16.6. The van der Waals surface area contributed by atoms with Gasteiger partial charge in [0.05, 0.1) is 9.85 Å². The smallest absolute Gasteiger partial charge is 0.360 e. The Hall–Kier alpha value is -4.02. The highest BCUT2D eigenvalue weighted by molar-refractivity contribution is 5.94. The minimum absolute atomic E-state index is 0.0671. The van der Waals surface area contributed by atoms with E-state index in [-0.39, 0.29) is 11.3 Å². The molecule has 11 heteroatoms. The third kappa shape index (κ3) is 4.72. The fourth-order valence-corrected chi connectivity index (χ4v) is 1.70. The molecule has 0 spiro atoms. The first-order valence-electron chi connectivity index (χ1n) is 6.33. The molecular weight excluding hydrogens is 340 g/mol. The summed E-state index contributed by atoms with van der Waals surface area (Å²) in [4.78, 5) is 39.7. The van der Waals surface area contributed by atoms with Gasteiger partial charge in [-0.3, -0.25) is 20.2 Å². The lowest BCUT2D eigenvalue weighted by molar-refractivity contribution is -0.422. The summed E-state index contributed by atoms with van der Waals surface area (Å²) in [5.74, 6) is -2.89. The van der Waals surface area contributed by atoms with Gasteiger partial charge in [0, 0.05) is 6.07 Å². The lowest BCUT2D eigenvalue weighted by atomic mass is 10.1. The molecule has 0 radical (unpaired) electrons. The van der Waals surface area contributed by atoms with Crippen molar-refractivity contribution in [2.45, 2.75) is 0 Å². The van der Waals surface area contributed by atoms with Crippen LogP contribution >= 0.6 is 0 Å². The van der Waals surface area contributed by atoms with E-state index in [4.69, 9.17) is 15.3 Å². The molecule has 0 saturated carbocycles. The van der Waals surface area contributed by atoms with Gasteiger partial charge in [0.2, 0.25) is 0 Å². The first-order valence-corrected chi connectivity index (χ1v) is 6.33. The van der Waals surface area contributed by atoms with Gasteiger partial charge < -0.3 is 15.3 Å². The number of carbonyl (C=O) groups is 2. The van der Waals surface area contributed by atoms with Crippen LogP contribution in [0.2, 0.25) is 0 Å². The van der Waals surface area contributed by atoms with Crippen LogP contribution in [0.25, 0.3) is 0 Å². The molecule has 0 fully saturated rings. The number of nitro groups is 2. The second kappa shape index (κ2) is 8.01. The van der Waals surface area contributed by atoms with E-state index in [9.17, 15) is 29.8 Å². The number of nitrogens with zero attached hydrogens (tertiary/aromatic N) is 2. The fourth-order valence-electron chi connectivity index (χ4n) is 1.70. The van der Waals surface area contributed by atoms with Gasteiger partial charge in [-0.1, -0.05) is 18.2 Å². The molecule has 0 aliphatic carbocycles. The SMILES string of the molecule is O=C(O)c1cccc([N+](=O)[O-])c1[N+](=O)[O-].O=C(O)c1ccccc1O. The van der Waals surface area contributed by atoms with Crippen LogP contribution in [-0.2, 0) is 0 Å². The van der Waals surface area contributed by atoms with E-state index in [2.05, 4.69) is 0 Å². The minimum Gasteiger partial charge on any atom is -0.507 e. The second-order valence-corrected chi connectivity index (χ2v) is 4.31. The van der Waals surface area contributed by atoms with Crippen molar-refractivity contribution in [1.29, 1.82) is 0 Å². The van der Waals surface area contributed by atoms with Crippen LogP contribution in [0, 0.1) is 20.2 Å². The maximum atomic E-state index is 10.6. The van der Waals surface area contributed by atoms with Gasteiger partial charge in [0.25, 0.3) is 0 Å². The Morgan fingerprint density at radius 2 is 1.32 bits per heavy atom. The molecule has 2 aromatic carbocycles. The average Bonchev–Trinajstić information content (AvgIpc) is 2.54. The van der Waals surface area contributed by atoms with Crippen LogP contribution in [0.15, 0.2) is 42.5 Å². The van der Waals surface area contributed by atoms with E-state index in [1.54, 1.807) is 12.1 Å². The Bertz CT molecular complexity index is 816. The van der Waals surface area contributed by atoms with Crippen LogP contribution in [-0.4, -0.2) is 37.1 Å². The molecule has 2 rings (SSSR count). The maximum Gasteiger partial charge on any atom is 0.360 e. The minimum atomic E-state index is -1.58. The summed E-state index contributed by atoms with van der Waals surface area (Å²) in [5, 5.41) is 46.8. The van der Waals surface area contributed by atoms with Crippen LogP contribution in [0.3, 0.4) is 0 Å². The molecule has 11 nitrogen and oxygen atoms in total. The van der Waals surface area contributed by atoms with E-state index in [1.807, 2.05) is 0 Å². The highest BCUT2D eigenvalue weighted by Crippen LogP contribution is 2.30. The molecule has 2 aromatic rings. The summed E-state index contributed by atoms with van der Waals surface area (Å²) in [6.07, 6.45) is 0. The first-order chi connectivity index (χ1) is 11.7. The molecule has 0 unspecified atom stereocenters. The van der Waals surface area contributed by atoms with Crippen molar-refractivity contribution < 1.29 is 34.8 Å².